The zero-order valence-electron chi connectivity index (χ0n) is 11.6. The fraction of sp³-hybridized carbons (Fsp3) is 0.500. The van der Waals surface area contributed by atoms with Gasteiger partial charge in [-0.15, -0.1) is 0 Å². The number of likely N-dealkylation sites (tertiary alicyclic amines) is 1. The monoisotopic (exact) mass is 330 g/mol. The van der Waals surface area contributed by atoms with Crippen LogP contribution in [0.3, 0.4) is 0 Å². The van der Waals surface area contributed by atoms with Gasteiger partial charge >= 0.3 is 5.97 Å². The lowest BCUT2D eigenvalue weighted by Crippen LogP contribution is -2.37. The van der Waals surface area contributed by atoms with E-state index in [1.54, 1.807) is 4.90 Å². The Labute approximate surface area is 132 Å². The average molecular weight is 331 g/mol. The number of pyridine rings is 1. The third kappa shape index (κ3) is 3.30. The third-order valence-electron chi connectivity index (χ3n) is 3.83. The molecule has 1 amide bonds. The number of aliphatic carboxylic acids is 1. The van der Waals surface area contributed by atoms with E-state index >= 15 is 0 Å². The van der Waals surface area contributed by atoms with Crippen LogP contribution in [0.2, 0.25) is 10.3 Å². The highest BCUT2D eigenvalue weighted by Gasteiger charge is 2.45. The van der Waals surface area contributed by atoms with Crippen LogP contribution in [0.25, 0.3) is 0 Å². The third-order valence-corrected chi connectivity index (χ3v) is 4.22. The fourth-order valence-corrected chi connectivity index (χ4v) is 3.24. The largest absolute Gasteiger partial charge is 0.481 e. The second-order valence-corrected chi connectivity index (χ2v) is 6.09. The maximum Gasteiger partial charge on any atom is 0.311 e. The zero-order valence-corrected chi connectivity index (χ0v) is 13.1. The highest BCUT2D eigenvalue weighted by Crippen LogP contribution is 2.36. The van der Waals surface area contributed by atoms with Crippen LogP contribution < -0.4 is 0 Å². The van der Waals surface area contributed by atoms with Crippen molar-refractivity contribution in [2.24, 2.45) is 5.41 Å². The first-order chi connectivity index (χ1) is 9.88. The topological polar surface area (TPSA) is 70.5 Å². The number of nitrogens with zero attached hydrogens (tertiary/aromatic N) is 2. The first-order valence-electron chi connectivity index (χ1n) is 6.74. The van der Waals surface area contributed by atoms with Crippen molar-refractivity contribution in [2.45, 2.75) is 26.2 Å². The molecule has 1 saturated heterocycles. The second kappa shape index (κ2) is 6.20. The molecule has 114 valence electrons. The standard InChI is InChI=1S/C14H16Cl2N2O3/c1-2-3-14(13(20)21)4-5-18(8-14)12(19)9-6-10(15)17-11(16)7-9/h6-7H,2-5,8H2,1H3,(H,20,21). The summed E-state index contributed by atoms with van der Waals surface area (Å²) in [6.07, 6.45) is 1.79. The van der Waals surface area contributed by atoms with Gasteiger partial charge in [0, 0.05) is 18.7 Å². The first-order valence-corrected chi connectivity index (χ1v) is 7.49. The molecule has 0 radical (unpaired) electrons. The van der Waals surface area contributed by atoms with Crippen molar-refractivity contribution >= 4 is 35.1 Å². The molecule has 1 aliphatic rings. The molecule has 21 heavy (non-hydrogen) atoms. The van der Waals surface area contributed by atoms with Crippen molar-refractivity contribution in [2.75, 3.05) is 13.1 Å². The number of amides is 1. The number of carboxylic acid groups (broad SMARTS) is 1. The van der Waals surface area contributed by atoms with Gasteiger partial charge in [-0.3, -0.25) is 9.59 Å². The number of carbonyl (C=O) groups excluding carboxylic acids is 1. The van der Waals surface area contributed by atoms with E-state index in [0.29, 0.717) is 24.9 Å². The number of carbonyl (C=O) groups is 2. The molecular formula is C14H16Cl2N2O3. The molecule has 0 aliphatic carbocycles. The van der Waals surface area contributed by atoms with Gasteiger partial charge in [0.15, 0.2) is 0 Å². The van der Waals surface area contributed by atoms with Crippen LogP contribution >= 0.6 is 23.2 Å². The lowest BCUT2D eigenvalue weighted by molar-refractivity contribution is -0.148. The Bertz CT molecular complexity index is 559. The Kier molecular flexibility index (Phi) is 4.74. The van der Waals surface area contributed by atoms with Crippen LogP contribution in [0.15, 0.2) is 12.1 Å². The summed E-state index contributed by atoms with van der Waals surface area (Å²) in [5, 5.41) is 9.75. The van der Waals surface area contributed by atoms with E-state index in [4.69, 9.17) is 23.2 Å². The first kappa shape index (κ1) is 16.0. The minimum Gasteiger partial charge on any atom is -0.481 e. The highest BCUT2D eigenvalue weighted by atomic mass is 35.5. The summed E-state index contributed by atoms with van der Waals surface area (Å²) in [7, 11) is 0. The van der Waals surface area contributed by atoms with Crippen LogP contribution in [-0.2, 0) is 4.79 Å². The number of aromatic nitrogens is 1. The molecule has 7 heteroatoms. The molecule has 1 atom stereocenters. The number of hydrogen-bond donors (Lipinski definition) is 1. The maximum atomic E-state index is 12.5. The van der Waals surface area contributed by atoms with Crippen molar-refractivity contribution in [3.05, 3.63) is 28.0 Å². The summed E-state index contributed by atoms with van der Waals surface area (Å²) in [4.78, 5) is 29.3. The SMILES string of the molecule is CCCC1(C(=O)O)CCN(C(=O)c2cc(Cl)nc(Cl)c2)C1. The molecule has 2 rings (SSSR count). The predicted octanol–water partition coefficient (Wildman–Crippen LogP) is 3.11. The molecule has 2 heterocycles. The van der Waals surface area contributed by atoms with Gasteiger partial charge in [0.2, 0.25) is 0 Å². The lowest BCUT2D eigenvalue weighted by Gasteiger charge is -2.24. The summed E-state index contributed by atoms with van der Waals surface area (Å²) in [5.41, 5.74) is -0.511. The van der Waals surface area contributed by atoms with Gasteiger partial charge in [-0.1, -0.05) is 36.5 Å². The summed E-state index contributed by atoms with van der Waals surface area (Å²) < 4.78 is 0. The molecule has 0 saturated carbocycles. The van der Waals surface area contributed by atoms with Crippen molar-refractivity contribution in [3.8, 4) is 0 Å². The Morgan fingerprint density at radius 1 is 1.38 bits per heavy atom. The predicted molar refractivity (Wildman–Crippen MR) is 79.8 cm³/mol. The van der Waals surface area contributed by atoms with E-state index in [-0.39, 0.29) is 22.8 Å². The van der Waals surface area contributed by atoms with Crippen molar-refractivity contribution in [1.29, 1.82) is 0 Å². The Hall–Kier alpha value is -1.33. The Morgan fingerprint density at radius 3 is 2.52 bits per heavy atom. The van der Waals surface area contributed by atoms with Crippen LogP contribution in [0.4, 0.5) is 0 Å². The summed E-state index contributed by atoms with van der Waals surface area (Å²) in [6, 6.07) is 2.88. The van der Waals surface area contributed by atoms with E-state index in [0.717, 1.165) is 6.42 Å². The van der Waals surface area contributed by atoms with Gasteiger partial charge in [-0.2, -0.15) is 0 Å². The summed E-state index contributed by atoms with van der Waals surface area (Å²) in [5.74, 6) is -1.11. The zero-order chi connectivity index (χ0) is 15.6. The number of carboxylic acids is 1. The van der Waals surface area contributed by atoms with Crippen LogP contribution in [-0.4, -0.2) is 40.0 Å². The smallest absolute Gasteiger partial charge is 0.311 e. The van der Waals surface area contributed by atoms with E-state index in [9.17, 15) is 14.7 Å². The molecule has 1 aromatic heterocycles. The minimum absolute atomic E-state index is 0.142. The quantitative estimate of drug-likeness (QED) is 0.861. The molecule has 0 bridgehead atoms. The molecule has 1 aliphatic heterocycles. The fourth-order valence-electron chi connectivity index (χ4n) is 2.78. The molecule has 5 nitrogen and oxygen atoms in total. The van der Waals surface area contributed by atoms with Crippen LogP contribution in [0.5, 0.6) is 0 Å². The van der Waals surface area contributed by atoms with E-state index < -0.39 is 11.4 Å². The molecule has 0 aromatic carbocycles. The Balaban J connectivity index is 2.20. The number of halogens is 2. The van der Waals surface area contributed by atoms with Gasteiger partial charge < -0.3 is 10.0 Å². The number of hydrogen-bond acceptors (Lipinski definition) is 3. The van der Waals surface area contributed by atoms with Crippen molar-refractivity contribution < 1.29 is 14.7 Å². The molecule has 0 spiro atoms. The molecule has 1 fully saturated rings. The minimum atomic E-state index is -0.842. The van der Waals surface area contributed by atoms with Crippen LogP contribution in [0.1, 0.15) is 36.5 Å². The summed E-state index contributed by atoms with van der Waals surface area (Å²) >= 11 is 11.6. The molecule has 1 unspecified atom stereocenters. The average Bonchev–Trinajstić information content (AvgIpc) is 2.83. The lowest BCUT2D eigenvalue weighted by atomic mass is 9.83. The van der Waals surface area contributed by atoms with Crippen LogP contribution in [0, 0.1) is 5.41 Å². The van der Waals surface area contributed by atoms with Gasteiger partial charge in [0.1, 0.15) is 10.3 Å². The Morgan fingerprint density at radius 2 is 2.00 bits per heavy atom. The molecular weight excluding hydrogens is 315 g/mol. The van der Waals surface area contributed by atoms with Crippen molar-refractivity contribution in [3.63, 3.8) is 0 Å². The molecule has 1 N–H and O–H groups in total. The highest BCUT2D eigenvalue weighted by molar-refractivity contribution is 6.33. The van der Waals surface area contributed by atoms with Crippen molar-refractivity contribution in [1.82, 2.24) is 9.88 Å². The number of rotatable bonds is 4. The van der Waals surface area contributed by atoms with Gasteiger partial charge in [-0.25, -0.2) is 4.98 Å². The van der Waals surface area contributed by atoms with Gasteiger partial charge in [-0.05, 0) is 25.0 Å². The van der Waals surface area contributed by atoms with Gasteiger partial charge in [0.05, 0.1) is 5.41 Å². The summed E-state index contributed by atoms with van der Waals surface area (Å²) in [6.45, 7) is 2.58. The molecule has 1 aromatic rings. The van der Waals surface area contributed by atoms with Gasteiger partial charge in [0.25, 0.3) is 5.91 Å². The van der Waals surface area contributed by atoms with E-state index in [2.05, 4.69) is 4.98 Å². The van der Waals surface area contributed by atoms with E-state index in [1.165, 1.54) is 12.1 Å². The van der Waals surface area contributed by atoms with E-state index in [1.807, 2.05) is 6.92 Å². The second-order valence-electron chi connectivity index (χ2n) is 5.31. The maximum absolute atomic E-state index is 12.5. The normalized spacial score (nSPS) is 21.6.